The van der Waals surface area contributed by atoms with E-state index < -0.39 is 17.5 Å². The highest BCUT2D eigenvalue weighted by Gasteiger charge is 2.10. The maximum atomic E-state index is 12.9. The zero-order chi connectivity index (χ0) is 11.0. The van der Waals surface area contributed by atoms with E-state index >= 15 is 0 Å². The molecule has 4 nitrogen and oxygen atoms in total. The number of fused-ring (bicyclic) bond motifs is 1. The van der Waals surface area contributed by atoms with Crippen LogP contribution >= 0.6 is 0 Å². The van der Waals surface area contributed by atoms with Crippen molar-refractivity contribution in [1.29, 1.82) is 0 Å². The Hall–Kier alpha value is -2.04. The average Bonchev–Trinajstić information content (AvgIpc) is 2.49. The molecule has 1 aromatic carbocycles. The van der Waals surface area contributed by atoms with Crippen molar-refractivity contribution in [1.82, 2.24) is 4.98 Å². The van der Waals surface area contributed by atoms with Gasteiger partial charge in [0.25, 0.3) is 0 Å². The second-order valence-corrected chi connectivity index (χ2v) is 3.23. The van der Waals surface area contributed by atoms with Crippen molar-refractivity contribution in [3.05, 3.63) is 29.7 Å². The van der Waals surface area contributed by atoms with Gasteiger partial charge in [0.15, 0.2) is 11.6 Å². The van der Waals surface area contributed by atoms with Gasteiger partial charge in [0.2, 0.25) is 0 Å². The average molecular weight is 209 g/mol. The number of phenols is 1. The molecule has 1 aromatic heterocycles. The van der Waals surface area contributed by atoms with Gasteiger partial charge >= 0.3 is 5.97 Å². The van der Waals surface area contributed by atoms with Crippen LogP contribution in [0, 0.1) is 5.82 Å². The number of hydrogen-bond acceptors (Lipinski definition) is 2. The number of carboxylic acid groups (broad SMARTS) is 1. The summed E-state index contributed by atoms with van der Waals surface area (Å²) in [7, 11) is 0. The van der Waals surface area contributed by atoms with E-state index in [2.05, 4.69) is 4.98 Å². The molecule has 1 heterocycles. The Morgan fingerprint density at radius 2 is 2.20 bits per heavy atom. The molecule has 0 saturated heterocycles. The third-order valence-electron chi connectivity index (χ3n) is 2.18. The van der Waals surface area contributed by atoms with Crippen LogP contribution < -0.4 is 0 Å². The molecule has 0 amide bonds. The van der Waals surface area contributed by atoms with Crippen molar-refractivity contribution < 1.29 is 19.4 Å². The number of aliphatic carboxylic acids is 1. The highest BCUT2D eigenvalue weighted by Crippen LogP contribution is 2.26. The third kappa shape index (κ3) is 1.63. The Labute approximate surface area is 84.0 Å². The molecule has 78 valence electrons. The van der Waals surface area contributed by atoms with Gasteiger partial charge in [0.1, 0.15) is 0 Å². The number of aromatic hydroxyl groups is 1. The maximum Gasteiger partial charge on any atom is 0.307 e. The summed E-state index contributed by atoms with van der Waals surface area (Å²) in [5, 5.41) is 18.3. The molecule has 15 heavy (non-hydrogen) atoms. The molecule has 0 atom stereocenters. The molecule has 0 unspecified atom stereocenters. The van der Waals surface area contributed by atoms with E-state index in [4.69, 9.17) is 10.2 Å². The molecule has 2 rings (SSSR count). The number of H-pyrrole nitrogens is 1. The van der Waals surface area contributed by atoms with Gasteiger partial charge in [0.05, 0.1) is 6.42 Å². The summed E-state index contributed by atoms with van der Waals surface area (Å²) in [6.45, 7) is 0. The number of carbonyl (C=O) groups is 1. The summed E-state index contributed by atoms with van der Waals surface area (Å²) in [5.74, 6) is -2.18. The normalized spacial score (nSPS) is 10.7. The van der Waals surface area contributed by atoms with Crippen molar-refractivity contribution >= 4 is 16.9 Å². The minimum Gasteiger partial charge on any atom is -0.505 e. The minimum absolute atomic E-state index is 0.162. The number of aromatic nitrogens is 1. The highest BCUT2D eigenvalue weighted by atomic mass is 19.1. The Morgan fingerprint density at radius 3 is 2.87 bits per heavy atom. The number of hydrogen-bond donors (Lipinski definition) is 3. The molecule has 0 aliphatic carbocycles. The largest absolute Gasteiger partial charge is 0.505 e. The zero-order valence-electron chi connectivity index (χ0n) is 7.62. The number of halogens is 1. The van der Waals surface area contributed by atoms with Crippen LogP contribution in [0.2, 0.25) is 0 Å². The van der Waals surface area contributed by atoms with Crippen LogP contribution in [0.15, 0.2) is 18.3 Å². The van der Waals surface area contributed by atoms with Gasteiger partial charge in [-0.05, 0) is 11.6 Å². The number of rotatable bonds is 2. The van der Waals surface area contributed by atoms with Crippen LogP contribution in [0.3, 0.4) is 0 Å². The van der Waals surface area contributed by atoms with E-state index in [1.54, 1.807) is 0 Å². The lowest BCUT2D eigenvalue weighted by molar-refractivity contribution is -0.136. The van der Waals surface area contributed by atoms with Gasteiger partial charge in [0, 0.05) is 23.2 Å². The van der Waals surface area contributed by atoms with Crippen LogP contribution in [0.25, 0.3) is 10.9 Å². The standard InChI is InChI=1S/C10H8FNO3/c11-7-3-8-6(2-9(7)13)5(4-12-8)1-10(14)15/h2-4,12-13H,1H2,(H,14,15). The number of aromatic amines is 1. The van der Waals surface area contributed by atoms with Gasteiger partial charge in [-0.25, -0.2) is 4.39 Å². The first-order valence-corrected chi connectivity index (χ1v) is 4.28. The predicted molar refractivity (Wildman–Crippen MR) is 51.3 cm³/mol. The maximum absolute atomic E-state index is 12.9. The first kappa shape index (κ1) is 9.51. The quantitative estimate of drug-likeness (QED) is 0.703. The summed E-state index contributed by atoms with van der Waals surface area (Å²) in [6.07, 6.45) is 1.34. The molecular formula is C10H8FNO3. The second-order valence-electron chi connectivity index (χ2n) is 3.23. The predicted octanol–water partition coefficient (Wildman–Crippen LogP) is 1.64. The van der Waals surface area contributed by atoms with Crippen molar-refractivity contribution in [3.8, 4) is 5.75 Å². The SMILES string of the molecule is O=C(O)Cc1c[nH]c2cc(F)c(O)cc12. The Morgan fingerprint density at radius 1 is 1.47 bits per heavy atom. The summed E-state index contributed by atoms with van der Waals surface area (Å²) in [6, 6.07) is 2.36. The van der Waals surface area contributed by atoms with E-state index in [0.717, 1.165) is 6.07 Å². The van der Waals surface area contributed by atoms with Crippen LogP contribution in [0.1, 0.15) is 5.56 Å². The monoisotopic (exact) mass is 209 g/mol. The summed E-state index contributed by atoms with van der Waals surface area (Å²) in [5.41, 5.74) is 0.995. The van der Waals surface area contributed by atoms with Gasteiger partial charge in [-0.1, -0.05) is 0 Å². The molecule has 0 aliphatic heterocycles. The second kappa shape index (κ2) is 3.27. The number of phenolic OH excluding ortho intramolecular Hbond substituents is 1. The molecular weight excluding hydrogens is 201 g/mol. The van der Waals surface area contributed by atoms with Crippen molar-refractivity contribution in [2.45, 2.75) is 6.42 Å². The lowest BCUT2D eigenvalue weighted by Crippen LogP contribution is -1.98. The lowest BCUT2D eigenvalue weighted by Gasteiger charge is -1.97. The van der Waals surface area contributed by atoms with Crippen molar-refractivity contribution in [3.63, 3.8) is 0 Å². The molecule has 0 spiro atoms. The van der Waals surface area contributed by atoms with E-state index in [1.165, 1.54) is 12.3 Å². The first-order chi connectivity index (χ1) is 7.08. The summed E-state index contributed by atoms with van der Waals surface area (Å²) >= 11 is 0. The van der Waals surface area contributed by atoms with Gasteiger partial charge in [-0.15, -0.1) is 0 Å². The van der Waals surface area contributed by atoms with E-state index in [-0.39, 0.29) is 6.42 Å². The van der Waals surface area contributed by atoms with Crippen molar-refractivity contribution in [2.75, 3.05) is 0 Å². The molecule has 3 N–H and O–H groups in total. The Kier molecular flexibility index (Phi) is 2.07. The lowest BCUT2D eigenvalue weighted by atomic mass is 10.1. The fourth-order valence-corrected chi connectivity index (χ4v) is 1.50. The molecule has 0 fully saturated rings. The van der Waals surface area contributed by atoms with Crippen LogP contribution in [-0.2, 0) is 11.2 Å². The molecule has 0 aliphatic rings. The van der Waals surface area contributed by atoms with Crippen LogP contribution in [-0.4, -0.2) is 21.2 Å². The number of benzene rings is 1. The number of nitrogens with one attached hydrogen (secondary N) is 1. The Bertz CT molecular complexity index is 533. The molecule has 0 radical (unpaired) electrons. The fraction of sp³-hybridized carbons (Fsp3) is 0.100. The van der Waals surface area contributed by atoms with Gasteiger partial charge in [-0.2, -0.15) is 0 Å². The minimum atomic E-state index is -0.972. The van der Waals surface area contributed by atoms with Crippen molar-refractivity contribution in [2.24, 2.45) is 0 Å². The van der Waals surface area contributed by atoms with Crippen LogP contribution in [0.4, 0.5) is 4.39 Å². The smallest absolute Gasteiger partial charge is 0.307 e. The topological polar surface area (TPSA) is 73.3 Å². The van der Waals surface area contributed by atoms with E-state index in [9.17, 15) is 9.18 Å². The molecule has 5 heteroatoms. The fourth-order valence-electron chi connectivity index (χ4n) is 1.50. The molecule has 0 bridgehead atoms. The van der Waals surface area contributed by atoms with E-state index in [0.29, 0.717) is 16.5 Å². The third-order valence-corrected chi connectivity index (χ3v) is 2.18. The molecule has 2 aromatic rings. The first-order valence-electron chi connectivity index (χ1n) is 4.28. The van der Waals surface area contributed by atoms with E-state index in [1.807, 2.05) is 0 Å². The van der Waals surface area contributed by atoms with Crippen LogP contribution in [0.5, 0.6) is 5.75 Å². The van der Waals surface area contributed by atoms with Gasteiger partial charge in [-0.3, -0.25) is 4.79 Å². The summed E-state index contributed by atoms with van der Waals surface area (Å²) in [4.78, 5) is 13.3. The molecule has 0 saturated carbocycles. The Balaban J connectivity index is 2.59. The number of carboxylic acids is 1. The summed E-state index contributed by atoms with van der Waals surface area (Å²) < 4.78 is 12.9. The zero-order valence-corrected chi connectivity index (χ0v) is 7.62. The van der Waals surface area contributed by atoms with Gasteiger partial charge < -0.3 is 15.2 Å². The highest BCUT2D eigenvalue weighted by molar-refractivity contribution is 5.88.